The Hall–Kier alpha value is -3.77. The summed E-state index contributed by atoms with van der Waals surface area (Å²) in [6, 6.07) is 3.87. The fourth-order valence-corrected chi connectivity index (χ4v) is 6.50. The number of H-pyrrole nitrogens is 1. The zero-order valence-electron chi connectivity index (χ0n) is 22.2. The van der Waals surface area contributed by atoms with Crippen molar-refractivity contribution in [3.63, 3.8) is 0 Å². The molecule has 3 aliphatic rings. The number of aromatic amines is 1. The second-order valence-corrected chi connectivity index (χ2v) is 11.6. The van der Waals surface area contributed by atoms with Crippen molar-refractivity contribution in [2.75, 3.05) is 11.4 Å². The van der Waals surface area contributed by atoms with Crippen LogP contribution in [0, 0.1) is 11.8 Å². The minimum Gasteiger partial charge on any atom is -0.351 e. The van der Waals surface area contributed by atoms with Gasteiger partial charge < -0.3 is 14.3 Å². The second-order valence-electron chi connectivity index (χ2n) is 11.1. The van der Waals surface area contributed by atoms with Gasteiger partial charge in [-0.3, -0.25) is 10.3 Å². The van der Waals surface area contributed by atoms with Crippen molar-refractivity contribution in [3.05, 3.63) is 47.1 Å². The van der Waals surface area contributed by atoms with E-state index in [2.05, 4.69) is 47.6 Å². The number of rotatable bonds is 6. The number of nitrogens with zero attached hydrogens (tertiary/aromatic N) is 7. The van der Waals surface area contributed by atoms with Crippen LogP contribution in [0.15, 0.2) is 30.7 Å². The molecule has 208 valence electrons. The predicted molar refractivity (Wildman–Crippen MR) is 148 cm³/mol. The molecule has 4 aromatic rings. The van der Waals surface area contributed by atoms with Crippen molar-refractivity contribution < 1.29 is 9.63 Å². The van der Waals surface area contributed by atoms with Gasteiger partial charge in [-0.25, -0.2) is 14.8 Å². The van der Waals surface area contributed by atoms with Gasteiger partial charge in [-0.1, -0.05) is 31.4 Å². The molecule has 3 fully saturated rings. The third-order valence-electron chi connectivity index (χ3n) is 8.39. The summed E-state index contributed by atoms with van der Waals surface area (Å²) in [7, 11) is 0. The summed E-state index contributed by atoms with van der Waals surface area (Å²) in [5.74, 6) is 2.20. The SMILES string of the molecule is CC1CCC(Cn2c(N3CCCC3c3cn[nH]n3)nc3cc(C4NOC(=O)N4)nc(-c4cncc(Cl)c4)c32)CC1. The molecule has 40 heavy (non-hydrogen) atoms. The van der Waals surface area contributed by atoms with Crippen LogP contribution < -0.4 is 15.7 Å². The van der Waals surface area contributed by atoms with E-state index >= 15 is 0 Å². The average Bonchev–Trinajstić information content (AvgIpc) is 3.76. The number of halogens is 1. The molecule has 4 aromatic heterocycles. The lowest BCUT2D eigenvalue weighted by Crippen LogP contribution is -2.28. The van der Waals surface area contributed by atoms with Crippen LogP contribution in [-0.2, 0) is 11.4 Å². The number of imidazole rings is 1. The number of hydrogen-bond acceptors (Lipinski definition) is 9. The lowest BCUT2D eigenvalue weighted by Gasteiger charge is -2.30. The number of carbonyl (C=O) groups is 1. The quantitative estimate of drug-likeness (QED) is 0.306. The van der Waals surface area contributed by atoms with Crippen molar-refractivity contribution in [2.24, 2.45) is 11.8 Å². The van der Waals surface area contributed by atoms with Crippen molar-refractivity contribution in [3.8, 4) is 11.3 Å². The van der Waals surface area contributed by atoms with Gasteiger partial charge >= 0.3 is 6.09 Å². The van der Waals surface area contributed by atoms with Gasteiger partial charge in [0.2, 0.25) is 5.95 Å². The van der Waals surface area contributed by atoms with Crippen LogP contribution in [-0.4, -0.2) is 47.6 Å². The molecule has 0 radical (unpaired) electrons. The molecule has 0 aromatic carbocycles. The van der Waals surface area contributed by atoms with Crippen molar-refractivity contribution in [1.29, 1.82) is 0 Å². The third-order valence-corrected chi connectivity index (χ3v) is 8.60. The molecular weight excluding hydrogens is 532 g/mol. The molecule has 2 aliphatic heterocycles. The molecule has 12 nitrogen and oxygen atoms in total. The number of pyridine rings is 2. The number of amides is 1. The number of nitrogens with one attached hydrogen (secondary N) is 3. The molecule has 3 N–H and O–H groups in total. The van der Waals surface area contributed by atoms with Gasteiger partial charge in [0, 0.05) is 31.0 Å². The van der Waals surface area contributed by atoms with Crippen LogP contribution in [0.1, 0.15) is 69.0 Å². The molecule has 0 bridgehead atoms. The Bertz CT molecular complexity index is 1530. The molecule has 2 atom stereocenters. The van der Waals surface area contributed by atoms with Gasteiger partial charge in [0.1, 0.15) is 5.69 Å². The highest BCUT2D eigenvalue weighted by atomic mass is 35.5. The fourth-order valence-electron chi connectivity index (χ4n) is 6.32. The fraction of sp³-hybridized carbons (Fsp3) is 0.481. The first-order valence-corrected chi connectivity index (χ1v) is 14.3. The summed E-state index contributed by atoms with van der Waals surface area (Å²) >= 11 is 6.40. The Morgan fingerprint density at radius 2 is 1.95 bits per heavy atom. The zero-order chi connectivity index (χ0) is 27.2. The second kappa shape index (κ2) is 10.3. The lowest BCUT2D eigenvalue weighted by molar-refractivity contribution is 0.121. The van der Waals surface area contributed by atoms with Crippen LogP contribution >= 0.6 is 11.6 Å². The minimum atomic E-state index is -0.606. The smallest absolute Gasteiger partial charge is 0.351 e. The van der Waals surface area contributed by atoms with Crippen LogP contribution in [0.25, 0.3) is 22.3 Å². The highest BCUT2D eigenvalue weighted by Gasteiger charge is 2.34. The molecule has 1 aliphatic carbocycles. The summed E-state index contributed by atoms with van der Waals surface area (Å²) in [6.45, 7) is 4.05. The monoisotopic (exact) mass is 562 g/mol. The maximum absolute atomic E-state index is 11.8. The summed E-state index contributed by atoms with van der Waals surface area (Å²) in [5.41, 5.74) is 7.43. The predicted octanol–water partition coefficient (Wildman–Crippen LogP) is 4.68. The first kappa shape index (κ1) is 25.2. The molecule has 2 saturated heterocycles. The Balaban J connectivity index is 1.42. The van der Waals surface area contributed by atoms with Gasteiger partial charge in [0.25, 0.3) is 0 Å². The zero-order valence-corrected chi connectivity index (χ0v) is 22.9. The van der Waals surface area contributed by atoms with E-state index in [1.807, 2.05) is 12.1 Å². The Morgan fingerprint density at radius 3 is 2.70 bits per heavy atom. The molecule has 2 unspecified atom stereocenters. The van der Waals surface area contributed by atoms with E-state index in [0.29, 0.717) is 22.3 Å². The van der Waals surface area contributed by atoms with Crippen molar-refractivity contribution in [1.82, 2.24) is 45.7 Å². The van der Waals surface area contributed by atoms with Gasteiger partial charge in [0.15, 0.2) is 6.17 Å². The van der Waals surface area contributed by atoms with E-state index in [-0.39, 0.29) is 6.04 Å². The third kappa shape index (κ3) is 4.64. The first-order chi connectivity index (χ1) is 19.5. The first-order valence-electron chi connectivity index (χ1n) is 13.9. The number of carbonyl (C=O) groups excluding carboxylic acids is 1. The molecule has 1 saturated carbocycles. The van der Waals surface area contributed by atoms with Gasteiger partial charge in [-0.15, -0.1) is 5.48 Å². The van der Waals surface area contributed by atoms with E-state index in [0.717, 1.165) is 60.1 Å². The van der Waals surface area contributed by atoms with E-state index in [1.54, 1.807) is 18.6 Å². The summed E-state index contributed by atoms with van der Waals surface area (Å²) in [6.07, 6.45) is 10.9. The lowest BCUT2D eigenvalue weighted by atomic mass is 9.83. The molecule has 7 rings (SSSR count). The average molecular weight is 563 g/mol. The summed E-state index contributed by atoms with van der Waals surface area (Å²) < 4.78 is 2.35. The standard InChI is InChI=1S/C27H31ClN10O2/c1-15-4-6-16(7-5-15)14-38-24-19(32-26(38)37-8-2-3-22(37)21-13-30-36-34-21)10-20(25-33-27(39)40-35-25)31-23(24)17-9-18(28)12-29-11-17/h9-13,15-16,22,25,35H,2-8,14H2,1H3,(H,33,39)(H,30,34,36). The van der Waals surface area contributed by atoms with E-state index in [9.17, 15) is 4.79 Å². The maximum atomic E-state index is 11.8. The number of hydroxylamine groups is 1. The van der Waals surface area contributed by atoms with Crippen LogP contribution in [0.5, 0.6) is 0 Å². The number of anilines is 1. The molecule has 6 heterocycles. The van der Waals surface area contributed by atoms with Crippen LogP contribution in [0.3, 0.4) is 0 Å². The van der Waals surface area contributed by atoms with Crippen LogP contribution in [0.2, 0.25) is 5.02 Å². The van der Waals surface area contributed by atoms with Gasteiger partial charge in [-0.2, -0.15) is 15.4 Å². The van der Waals surface area contributed by atoms with E-state index < -0.39 is 12.3 Å². The number of fused-ring (bicyclic) bond motifs is 1. The Morgan fingerprint density at radius 1 is 1.07 bits per heavy atom. The topological polar surface area (TPSA) is 139 Å². The molecular formula is C27H31ClN10O2. The van der Waals surface area contributed by atoms with E-state index in [4.69, 9.17) is 26.4 Å². The molecule has 13 heteroatoms. The summed E-state index contributed by atoms with van der Waals surface area (Å²) in [4.78, 5) is 33.8. The summed E-state index contributed by atoms with van der Waals surface area (Å²) in [5, 5.41) is 14.5. The molecule has 1 amide bonds. The number of hydrogen-bond donors (Lipinski definition) is 3. The van der Waals surface area contributed by atoms with Crippen molar-refractivity contribution >= 4 is 34.7 Å². The van der Waals surface area contributed by atoms with E-state index in [1.165, 1.54) is 25.7 Å². The van der Waals surface area contributed by atoms with Gasteiger partial charge in [0.05, 0.1) is 39.7 Å². The molecule has 0 spiro atoms. The number of aromatic nitrogens is 7. The van der Waals surface area contributed by atoms with Gasteiger partial charge in [-0.05, 0) is 49.7 Å². The largest absolute Gasteiger partial charge is 0.427 e. The Labute approximate surface area is 235 Å². The maximum Gasteiger partial charge on any atom is 0.427 e. The normalized spacial score (nSPS) is 24.9. The highest BCUT2D eigenvalue weighted by Crippen LogP contribution is 2.40. The van der Waals surface area contributed by atoms with Crippen molar-refractivity contribution in [2.45, 2.75) is 64.2 Å². The minimum absolute atomic E-state index is 0.0774. The Kier molecular flexibility index (Phi) is 6.51. The van der Waals surface area contributed by atoms with Crippen LogP contribution in [0.4, 0.5) is 10.7 Å². The highest BCUT2D eigenvalue weighted by molar-refractivity contribution is 6.30.